The predicted octanol–water partition coefficient (Wildman–Crippen LogP) is 2.28. The topological polar surface area (TPSA) is 64.4 Å². The number of para-hydroxylation sites is 1. The molecule has 1 N–H and O–H groups in total. The highest BCUT2D eigenvalue weighted by Gasteiger charge is 2.06. The van der Waals surface area contributed by atoms with Crippen molar-refractivity contribution in [1.29, 1.82) is 0 Å². The second-order valence-electron chi connectivity index (χ2n) is 4.77. The Kier molecular flexibility index (Phi) is 5.37. The van der Waals surface area contributed by atoms with Crippen LogP contribution in [0.4, 0.5) is 0 Å². The molecular formula is C16H20N2O3. The molecule has 0 radical (unpaired) electrons. The lowest BCUT2D eigenvalue weighted by molar-refractivity contribution is -0.121. The number of aromatic nitrogens is 1. The second kappa shape index (κ2) is 7.47. The van der Waals surface area contributed by atoms with Gasteiger partial charge in [0.2, 0.25) is 5.91 Å². The Labute approximate surface area is 124 Å². The predicted molar refractivity (Wildman–Crippen MR) is 79.3 cm³/mol. The molecule has 0 spiro atoms. The molecule has 0 aliphatic rings. The van der Waals surface area contributed by atoms with E-state index in [9.17, 15) is 4.79 Å². The van der Waals surface area contributed by atoms with Gasteiger partial charge in [-0.25, -0.2) is 4.98 Å². The maximum Gasteiger partial charge on any atom is 0.220 e. The van der Waals surface area contributed by atoms with Crippen molar-refractivity contribution in [1.82, 2.24) is 10.3 Å². The van der Waals surface area contributed by atoms with Gasteiger partial charge in [-0.3, -0.25) is 4.79 Å². The molecule has 1 aromatic heterocycles. The number of aryl methyl sites for hydroxylation is 2. The van der Waals surface area contributed by atoms with Gasteiger partial charge in [-0.15, -0.1) is 0 Å². The third-order valence-electron chi connectivity index (χ3n) is 3.18. The molecular weight excluding hydrogens is 268 g/mol. The molecule has 1 amide bonds. The number of nitrogens with one attached hydrogen (secondary N) is 1. The van der Waals surface area contributed by atoms with E-state index in [-0.39, 0.29) is 5.91 Å². The van der Waals surface area contributed by atoms with E-state index in [1.807, 2.05) is 24.3 Å². The van der Waals surface area contributed by atoms with E-state index in [1.54, 1.807) is 20.3 Å². The average Bonchev–Trinajstić information content (AvgIpc) is 2.91. The van der Waals surface area contributed by atoms with Crippen LogP contribution in [0.15, 0.2) is 34.9 Å². The Hall–Kier alpha value is -2.30. The van der Waals surface area contributed by atoms with Crippen LogP contribution >= 0.6 is 0 Å². The Morgan fingerprint density at radius 1 is 1.33 bits per heavy atom. The van der Waals surface area contributed by atoms with Gasteiger partial charge in [-0.1, -0.05) is 18.2 Å². The van der Waals surface area contributed by atoms with Gasteiger partial charge in [0, 0.05) is 26.3 Å². The molecule has 0 aliphatic heterocycles. The number of amides is 1. The zero-order chi connectivity index (χ0) is 15.1. The van der Waals surface area contributed by atoms with Gasteiger partial charge in [0.05, 0.1) is 12.8 Å². The van der Waals surface area contributed by atoms with Crippen molar-refractivity contribution < 1.29 is 13.9 Å². The number of ether oxygens (including phenoxy) is 1. The number of benzene rings is 1. The zero-order valence-corrected chi connectivity index (χ0v) is 12.4. The molecule has 1 heterocycles. The first-order valence-electron chi connectivity index (χ1n) is 6.98. The van der Waals surface area contributed by atoms with Crippen LogP contribution in [-0.4, -0.2) is 24.5 Å². The average molecular weight is 288 g/mol. The second-order valence-corrected chi connectivity index (χ2v) is 4.77. The van der Waals surface area contributed by atoms with Crippen molar-refractivity contribution in [2.75, 3.05) is 13.7 Å². The fraction of sp³-hybridized carbons (Fsp3) is 0.375. The van der Waals surface area contributed by atoms with Crippen molar-refractivity contribution in [3.05, 3.63) is 47.7 Å². The van der Waals surface area contributed by atoms with Crippen molar-refractivity contribution in [3.8, 4) is 5.75 Å². The summed E-state index contributed by atoms with van der Waals surface area (Å²) in [6, 6.07) is 7.82. The molecule has 0 saturated heterocycles. The van der Waals surface area contributed by atoms with Crippen LogP contribution < -0.4 is 10.1 Å². The Morgan fingerprint density at radius 3 is 2.86 bits per heavy atom. The number of carbonyl (C=O) groups excluding carboxylic acids is 1. The molecule has 0 unspecified atom stereocenters. The van der Waals surface area contributed by atoms with Gasteiger partial charge >= 0.3 is 0 Å². The summed E-state index contributed by atoms with van der Waals surface area (Å²) in [6.45, 7) is 2.38. The number of hydrogen-bond donors (Lipinski definition) is 1. The molecule has 0 saturated carbocycles. The van der Waals surface area contributed by atoms with Crippen LogP contribution in [-0.2, 0) is 17.6 Å². The summed E-state index contributed by atoms with van der Waals surface area (Å²) in [5, 5.41) is 2.91. The summed E-state index contributed by atoms with van der Waals surface area (Å²) in [5.74, 6) is 1.50. The van der Waals surface area contributed by atoms with E-state index in [4.69, 9.17) is 9.15 Å². The first-order valence-corrected chi connectivity index (χ1v) is 6.98. The third kappa shape index (κ3) is 4.63. The normalized spacial score (nSPS) is 10.4. The maximum atomic E-state index is 11.8. The van der Waals surface area contributed by atoms with E-state index in [2.05, 4.69) is 10.3 Å². The first kappa shape index (κ1) is 15.1. The Morgan fingerprint density at radius 2 is 2.14 bits per heavy atom. The SMILES string of the molecule is COc1ccccc1CCNC(=O)CCc1coc(C)n1. The number of rotatable bonds is 7. The van der Waals surface area contributed by atoms with E-state index in [0.29, 0.717) is 25.3 Å². The van der Waals surface area contributed by atoms with Gasteiger partial charge in [0.25, 0.3) is 0 Å². The lowest BCUT2D eigenvalue weighted by Crippen LogP contribution is -2.26. The minimum Gasteiger partial charge on any atom is -0.496 e. The summed E-state index contributed by atoms with van der Waals surface area (Å²) < 4.78 is 10.4. The number of nitrogens with zero attached hydrogens (tertiary/aromatic N) is 1. The van der Waals surface area contributed by atoms with Crippen molar-refractivity contribution >= 4 is 5.91 Å². The van der Waals surface area contributed by atoms with E-state index in [1.165, 1.54) is 0 Å². The van der Waals surface area contributed by atoms with E-state index < -0.39 is 0 Å². The monoisotopic (exact) mass is 288 g/mol. The summed E-state index contributed by atoms with van der Waals surface area (Å²) in [4.78, 5) is 15.9. The highest BCUT2D eigenvalue weighted by atomic mass is 16.5. The highest BCUT2D eigenvalue weighted by Crippen LogP contribution is 2.17. The number of carbonyl (C=O) groups is 1. The summed E-state index contributed by atoms with van der Waals surface area (Å²) in [5.41, 5.74) is 1.90. The quantitative estimate of drug-likeness (QED) is 0.849. The standard InChI is InChI=1S/C16H20N2O3/c1-12-18-14(11-21-12)7-8-16(19)17-10-9-13-5-3-4-6-15(13)20-2/h3-6,11H,7-10H2,1-2H3,(H,17,19). The lowest BCUT2D eigenvalue weighted by atomic mass is 10.1. The molecule has 0 atom stereocenters. The van der Waals surface area contributed by atoms with Gasteiger partial charge in [-0.2, -0.15) is 0 Å². The van der Waals surface area contributed by atoms with Crippen molar-refractivity contribution in [3.63, 3.8) is 0 Å². The highest BCUT2D eigenvalue weighted by molar-refractivity contribution is 5.76. The smallest absolute Gasteiger partial charge is 0.220 e. The van der Waals surface area contributed by atoms with Gasteiger partial charge in [-0.05, 0) is 18.1 Å². The molecule has 0 aliphatic carbocycles. The minimum absolute atomic E-state index is 0.0190. The molecule has 0 fully saturated rings. The van der Waals surface area contributed by atoms with Crippen LogP contribution in [0.1, 0.15) is 23.6 Å². The zero-order valence-electron chi connectivity index (χ0n) is 12.4. The molecule has 21 heavy (non-hydrogen) atoms. The van der Waals surface area contributed by atoms with E-state index in [0.717, 1.165) is 23.4 Å². The summed E-state index contributed by atoms with van der Waals surface area (Å²) >= 11 is 0. The number of methoxy groups -OCH3 is 1. The molecule has 2 aromatic rings. The third-order valence-corrected chi connectivity index (χ3v) is 3.18. The van der Waals surface area contributed by atoms with Crippen LogP contribution in [0.2, 0.25) is 0 Å². The molecule has 112 valence electrons. The first-order chi connectivity index (χ1) is 10.2. The van der Waals surface area contributed by atoms with Crippen molar-refractivity contribution in [2.24, 2.45) is 0 Å². The van der Waals surface area contributed by atoms with Crippen LogP contribution in [0.5, 0.6) is 5.75 Å². The Balaban J connectivity index is 1.71. The van der Waals surface area contributed by atoms with E-state index >= 15 is 0 Å². The fourth-order valence-corrected chi connectivity index (χ4v) is 2.10. The van der Waals surface area contributed by atoms with Crippen LogP contribution in [0.25, 0.3) is 0 Å². The van der Waals surface area contributed by atoms with Crippen LogP contribution in [0.3, 0.4) is 0 Å². The Bertz CT molecular complexity index is 593. The molecule has 5 heteroatoms. The maximum absolute atomic E-state index is 11.8. The van der Waals surface area contributed by atoms with Gasteiger partial charge in [0.1, 0.15) is 12.0 Å². The summed E-state index contributed by atoms with van der Waals surface area (Å²) in [7, 11) is 1.65. The van der Waals surface area contributed by atoms with Crippen LogP contribution in [0, 0.1) is 6.92 Å². The largest absolute Gasteiger partial charge is 0.496 e. The number of oxazole rings is 1. The number of hydrogen-bond acceptors (Lipinski definition) is 4. The minimum atomic E-state index is 0.0190. The molecule has 2 rings (SSSR count). The fourth-order valence-electron chi connectivity index (χ4n) is 2.10. The molecule has 5 nitrogen and oxygen atoms in total. The van der Waals surface area contributed by atoms with Gasteiger partial charge < -0.3 is 14.5 Å². The molecule has 1 aromatic carbocycles. The molecule has 0 bridgehead atoms. The van der Waals surface area contributed by atoms with Gasteiger partial charge in [0.15, 0.2) is 5.89 Å². The van der Waals surface area contributed by atoms with Crippen molar-refractivity contribution in [2.45, 2.75) is 26.2 Å². The summed E-state index contributed by atoms with van der Waals surface area (Å²) in [6.07, 6.45) is 3.35. The lowest BCUT2D eigenvalue weighted by Gasteiger charge is -2.08.